The number of benzene rings is 1. The van der Waals surface area contributed by atoms with Gasteiger partial charge in [0, 0.05) is 11.9 Å². The largest absolute Gasteiger partial charge is 0.485 e. The highest BCUT2D eigenvalue weighted by Gasteiger charge is 2.10. The Labute approximate surface area is 133 Å². The molecule has 1 heterocycles. The quantitative estimate of drug-likeness (QED) is 0.806. The van der Waals surface area contributed by atoms with Gasteiger partial charge in [-0.05, 0) is 63.5 Å². The third-order valence-electron chi connectivity index (χ3n) is 2.47. The molecule has 0 atom stereocenters. The number of nitrogens with zero attached hydrogens (tertiary/aromatic N) is 1. The Kier molecular flexibility index (Phi) is 5.38. The van der Waals surface area contributed by atoms with E-state index in [1.54, 1.807) is 11.3 Å². The molecule has 19 heavy (non-hydrogen) atoms. The zero-order valence-corrected chi connectivity index (χ0v) is 14.7. The zero-order valence-electron chi connectivity index (χ0n) is 10.7. The monoisotopic (exact) mass is 404 g/mol. The average Bonchev–Trinajstić information content (AvgIpc) is 2.74. The number of hydrogen-bond acceptors (Lipinski definition) is 4. The first-order chi connectivity index (χ1) is 9.10. The van der Waals surface area contributed by atoms with Crippen molar-refractivity contribution >= 4 is 43.2 Å². The van der Waals surface area contributed by atoms with Gasteiger partial charge in [-0.3, -0.25) is 0 Å². The Balaban J connectivity index is 2.11. The van der Waals surface area contributed by atoms with Gasteiger partial charge in [0.2, 0.25) is 0 Å². The molecule has 0 aliphatic rings. The molecule has 102 valence electrons. The molecule has 0 unspecified atom stereocenters. The number of hydrogen-bond donors (Lipinski definition) is 1. The van der Waals surface area contributed by atoms with E-state index < -0.39 is 0 Å². The highest BCUT2D eigenvalue weighted by molar-refractivity contribution is 9.11. The lowest BCUT2D eigenvalue weighted by Gasteiger charge is -2.11. The van der Waals surface area contributed by atoms with Crippen LogP contribution in [0.15, 0.2) is 26.5 Å². The Bertz CT molecular complexity index is 549. The van der Waals surface area contributed by atoms with Crippen molar-refractivity contribution in [2.45, 2.75) is 20.1 Å². The predicted octanol–water partition coefficient (Wildman–Crippen LogP) is 4.27. The molecule has 0 amide bonds. The molecule has 0 saturated heterocycles. The molecule has 0 aliphatic carbocycles. The van der Waals surface area contributed by atoms with E-state index in [1.165, 1.54) is 5.56 Å². The van der Waals surface area contributed by atoms with Gasteiger partial charge in [0.1, 0.15) is 12.4 Å². The minimum atomic E-state index is 0.479. The Morgan fingerprint density at radius 1 is 1.32 bits per heavy atom. The fourth-order valence-electron chi connectivity index (χ4n) is 1.68. The lowest BCUT2D eigenvalue weighted by atomic mass is 10.2. The van der Waals surface area contributed by atoms with E-state index >= 15 is 0 Å². The fourth-order valence-corrected chi connectivity index (χ4v) is 3.78. The Morgan fingerprint density at radius 2 is 2.00 bits per heavy atom. The molecule has 0 saturated carbocycles. The molecule has 0 fully saturated rings. The van der Waals surface area contributed by atoms with Gasteiger partial charge in [-0.2, -0.15) is 0 Å². The maximum Gasteiger partial charge on any atom is 0.148 e. The van der Waals surface area contributed by atoms with Crippen molar-refractivity contribution in [3.05, 3.63) is 42.7 Å². The summed E-state index contributed by atoms with van der Waals surface area (Å²) in [5.74, 6) is 0.811. The third kappa shape index (κ3) is 4.02. The van der Waals surface area contributed by atoms with E-state index in [2.05, 4.69) is 54.3 Å². The summed E-state index contributed by atoms with van der Waals surface area (Å²) in [5, 5.41) is 6.20. The number of rotatable bonds is 5. The smallest absolute Gasteiger partial charge is 0.148 e. The van der Waals surface area contributed by atoms with Crippen molar-refractivity contribution in [3.8, 4) is 5.75 Å². The van der Waals surface area contributed by atoms with E-state index in [1.807, 2.05) is 19.4 Å². The summed E-state index contributed by atoms with van der Waals surface area (Å²) in [6, 6.07) is 4.12. The Hall–Kier alpha value is -0.430. The van der Waals surface area contributed by atoms with Gasteiger partial charge in [0.05, 0.1) is 19.6 Å². The standard InChI is InChI=1S/C13H14Br2N2OS/c1-8-17-10(7-19-8)6-18-13-11(14)3-9(5-16-2)4-12(13)15/h3-4,7,16H,5-6H2,1-2H3. The molecule has 2 aromatic rings. The van der Waals surface area contributed by atoms with Crippen LogP contribution in [0.2, 0.25) is 0 Å². The van der Waals surface area contributed by atoms with Crippen LogP contribution in [0.3, 0.4) is 0 Å². The van der Waals surface area contributed by atoms with Gasteiger partial charge in [0.15, 0.2) is 0 Å². The van der Waals surface area contributed by atoms with Gasteiger partial charge in [0.25, 0.3) is 0 Å². The summed E-state index contributed by atoms with van der Waals surface area (Å²) in [4.78, 5) is 4.38. The van der Waals surface area contributed by atoms with Crippen molar-refractivity contribution in [1.82, 2.24) is 10.3 Å². The maximum absolute atomic E-state index is 5.83. The van der Waals surface area contributed by atoms with Crippen LogP contribution in [-0.2, 0) is 13.2 Å². The number of aryl methyl sites for hydroxylation is 1. The maximum atomic E-state index is 5.83. The molecule has 2 rings (SSSR count). The van der Waals surface area contributed by atoms with Crippen LogP contribution in [-0.4, -0.2) is 12.0 Å². The summed E-state index contributed by atoms with van der Waals surface area (Å²) in [5.41, 5.74) is 2.15. The first-order valence-electron chi connectivity index (χ1n) is 5.76. The number of nitrogens with one attached hydrogen (secondary N) is 1. The summed E-state index contributed by atoms with van der Waals surface area (Å²) >= 11 is 8.73. The van der Waals surface area contributed by atoms with Crippen molar-refractivity contribution in [3.63, 3.8) is 0 Å². The molecule has 0 aliphatic heterocycles. The average molecular weight is 406 g/mol. The van der Waals surface area contributed by atoms with Crippen molar-refractivity contribution in [2.24, 2.45) is 0 Å². The summed E-state index contributed by atoms with van der Waals surface area (Å²) in [7, 11) is 1.93. The van der Waals surface area contributed by atoms with E-state index in [-0.39, 0.29) is 0 Å². The van der Waals surface area contributed by atoms with E-state index in [0.29, 0.717) is 6.61 Å². The second-order valence-electron chi connectivity index (χ2n) is 4.07. The first-order valence-corrected chi connectivity index (χ1v) is 8.23. The Morgan fingerprint density at radius 3 is 2.53 bits per heavy atom. The summed E-state index contributed by atoms with van der Waals surface area (Å²) < 4.78 is 7.72. The molecule has 1 aromatic heterocycles. The van der Waals surface area contributed by atoms with E-state index in [4.69, 9.17) is 4.74 Å². The topological polar surface area (TPSA) is 34.1 Å². The lowest BCUT2D eigenvalue weighted by molar-refractivity contribution is 0.298. The number of aromatic nitrogens is 1. The van der Waals surface area contributed by atoms with Crippen LogP contribution in [0.25, 0.3) is 0 Å². The third-order valence-corrected chi connectivity index (χ3v) is 4.47. The molecule has 1 aromatic carbocycles. The highest BCUT2D eigenvalue weighted by atomic mass is 79.9. The van der Waals surface area contributed by atoms with Crippen LogP contribution in [0.5, 0.6) is 5.75 Å². The fraction of sp³-hybridized carbons (Fsp3) is 0.308. The first kappa shape index (κ1) is 15.0. The van der Waals surface area contributed by atoms with E-state index in [0.717, 1.165) is 31.9 Å². The van der Waals surface area contributed by atoms with Gasteiger partial charge in [-0.15, -0.1) is 11.3 Å². The molecule has 3 nitrogen and oxygen atoms in total. The molecule has 0 spiro atoms. The SMILES string of the molecule is CNCc1cc(Br)c(OCc2csc(C)n2)c(Br)c1. The molecular formula is C13H14Br2N2OS. The number of halogens is 2. The molecule has 1 N–H and O–H groups in total. The van der Waals surface area contributed by atoms with Gasteiger partial charge < -0.3 is 10.1 Å². The summed E-state index contributed by atoms with van der Waals surface area (Å²) in [6.07, 6.45) is 0. The molecular weight excluding hydrogens is 392 g/mol. The van der Waals surface area contributed by atoms with Crippen LogP contribution < -0.4 is 10.1 Å². The lowest BCUT2D eigenvalue weighted by Crippen LogP contribution is -2.05. The minimum Gasteiger partial charge on any atom is -0.485 e. The van der Waals surface area contributed by atoms with Crippen molar-refractivity contribution in [1.29, 1.82) is 0 Å². The van der Waals surface area contributed by atoms with E-state index in [9.17, 15) is 0 Å². The molecule has 6 heteroatoms. The van der Waals surface area contributed by atoms with Crippen molar-refractivity contribution in [2.75, 3.05) is 7.05 Å². The van der Waals surface area contributed by atoms with Crippen LogP contribution in [0.4, 0.5) is 0 Å². The number of ether oxygens (including phenoxy) is 1. The normalized spacial score (nSPS) is 10.7. The van der Waals surface area contributed by atoms with Crippen LogP contribution in [0, 0.1) is 6.92 Å². The molecule has 0 bridgehead atoms. The zero-order chi connectivity index (χ0) is 13.8. The second kappa shape index (κ2) is 6.83. The highest BCUT2D eigenvalue weighted by Crippen LogP contribution is 2.35. The minimum absolute atomic E-state index is 0.479. The van der Waals surface area contributed by atoms with Gasteiger partial charge >= 0.3 is 0 Å². The van der Waals surface area contributed by atoms with Crippen LogP contribution in [0.1, 0.15) is 16.3 Å². The van der Waals surface area contributed by atoms with Gasteiger partial charge in [-0.25, -0.2) is 4.98 Å². The van der Waals surface area contributed by atoms with Crippen molar-refractivity contribution < 1.29 is 4.74 Å². The number of thiazole rings is 1. The molecule has 0 radical (unpaired) electrons. The summed E-state index contributed by atoms with van der Waals surface area (Å²) in [6.45, 7) is 3.29. The van der Waals surface area contributed by atoms with Gasteiger partial charge in [-0.1, -0.05) is 0 Å². The second-order valence-corrected chi connectivity index (χ2v) is 6.84. The predicted molar refractivity (Wildman–Crippen MR) is 85.8 cm³/mol. The van der Waals surface area contributed by atoms with Crippen LogP contribution >= 0.6 is 43.2 Å².